The van der Waals surface area contributed by atoms with Crippen molar-refractivity contribution in [2.75, 3.05) is 13.1 Å². The summed E-state index contributed by atoms with van der Waals surface area (Å²) in [6.45, 7) is 2.06. The van der Waals surface area contributed by atoms with Crippen LogP contribution in [0.5, 0.6) is 5.75 Å². The molecule has 23 heavy (non-hydrogen) atoms. The van der Waals surface area contributed by atoms with Crippen molar-refractivity contribution >= 4 is 11.2 Å². The summed E-state index contributed by atoms with van der Waals surface area (Å²) in [5.41, 5.74) is 2.98. The van der Waals surface area contributed by atoms with Crippen LogP contribution in [0.25, 0.3) is 11.2 Å². The van der Waals surface area contributed by atoms with Crippen molar-refractivity contribution in [2.45, 2.75) is 25.3 Å². The maximum absolute atomic E-state index is 9.70. The molecule has 0 bridgehead atoms. The lowest BCUT2D eigenvalue weighted by atomic mass is 10.1. The molecule has 3 heterocycles. The van der Waals surface area contributed by atoms with Crippen LogP contribution < -0.4 is 5.32 Å². The Kier molecular flexibility index (Phi) is 3.71. The third kappa shape index (κ3) is 2.80. The van der Waals surface area contributed by atoms with Crippen molar-refractivity contribution in [3.8, 4) is 5.75 Å². The van der Waals surface area contributed by atoms with Crippen LogP contribution >= 0.6 is 0 Å². The summed E-state index contributed by atoms with van der Waals surface area (Å²) in [5.74, 6) is 1.32. The second-order valence-corrected chi connectivity index (χ2v) is 6.07. The summed E-state index contributed by atoms with van der Waals surface area (Å²) in [7, 11) is 0. The van der Waals surface area contributed by atoms with Crippen LogP contribution in [0, 0.1) is 0 Å². The van der Waals surface area contributed by atoms with Gasteiger partial charge >= 0.3 is 0 Å². The van der Waals surface area contributed by atoms with Gasteiger partial charge in [0.1, 0.15) is 17.1 Å². The number of nitrogens with zero attached hydrogens (tertiary/aromatic N) is 3. The van der Waals surface area contributed by atoms with E-state index in [1.54, 1.807) is 12.1 Å². The number of hydrogen-bond acceptors (Lipinski definition) is 4. The largest absolute Gasteiger partial charge is 0.508 e. The zero-order valence-corrected chi connectivity index (χ0v) is 12.9. The standard InChI is InChI=1S/C18H20N4O/c23-15-4-1-3-13(11-15)12-17-21-16-5-2-8-20-18(16)22(17)14-6-9-19-10-7-14/h1-5,8,11,14,19,23H,6-7,9-10,12H2. The normalized spacial score (nSPS) is 16.0. The number of phenols is 1. The first-order chi connectivity index (χ1) is 11.3. The molecule has 2 aromatic heterocycles. The molecule has 4 rings (SSSR count). The van der Waals surface area contributed by atoms with Gasteiger partial charge in [0.05, 0.1) is 0 Å². The van der Waals surface area contributed by atoms with Gasteiger partial charge < -0.3 is 15.0 Å². The van der Waals surface area contributed by atoms with E-state index in [0.29, 0.717) is 18.2 Å². The lowest BCUT2D eigenvalue weighted by Gasteiger charge is -2.26. The third-order valence-electron chi connectivity index (χ3n) is 4.47. The van der Waals surface area contributed by atoms with Gasteiger partial charge in [0, 0.05) is 18.7 Å². The summed E-state index contributed by atoms with van der Waals surface area (Å²) >= 11 is 0. The first-order valence-corrected chi connectivity index (χ1v) is 8.12. The van der Waals surface area contributed by atoms with Crippen LogP contribution in [0.2, 0.25) is 0 Å². The van der Waals surface area contributed by atoms with Crippen LogP contribution in [-0.4, -0.2) is 32.7 Å². The number of aromatic hydroxyl groups is 1. The molecule has 0 unspecified atom stereocenters. The molecule has 3 aromatic rings. The molecule has 0 spiro atoms. The minimum absolute atomic E-state index is 0.296. The number of hydrogen-bond donors (Lipinski definition) is 2. The highest BCUT2D eigenvalue weighted by Gasteiger charge is 2.22. The number of piperidine rings is 1. The molecule has 1 aliphatic rings. The molecular formula is C18H20N4O. The number of rotatable bonds is 3. The molecule has 0 amide bonds. The van der Waals surface area contributed by atoms with Crippen molar-refractivity contribution < 1.29 is 5.11 Å². The Balaban J connectivity index is 1.78. The molecule has 0 aliphatic carbocycles. The Bertz CT molecular complexity index is 821. The molecular weight excluding hydrogens is 288 g/mol. The Morgan fingerprint density at radius 1 is 1.17 bits per heavy atom. The second kappa shape index (κ2) is 6.01. The predicted octanol–water partition coefficient (Wildman–Crippen LogP) is 2.65. The van der Waals surface area contributed by atoms with E-state index in [9.17, 15) is 5.11 Å². The fraction of sp³-hybridized carbons (Fsp3) is 0.333. The molecule has 2 N–H and O–H groups in total. The number of fused-ring (bicyclic) bond motifs is 1. The van der Waals surface area contributed by atoms with Crippen molar-refractivity contribution in [2.24, 2.45) is 0 Å². The second-order valence-electron chi connectivity index (χ2n) is 6.07. The van der Waals surface area contributed by atoms with Crippen LogP contribution in [0.1, 0.15) is 30.3 Å². The van der Waals surface area contributed by atoms with Crippen LogP contribution in [0.3, 0.4) is 0 Å². The van der Waals surface area contributed by atoms with Gasteiger partial charge in [-0.25, -0.2) is 9.97 Å². The molecule has 1 fully saturated rings. The molecule has 1 aromatic carbocycles. The van der Waals surface area contributed by atoms with Crippen molar-refractivity contribution in [3.63, 3.8) is 0 Å². The van der Waals surface area contributed by atoms with Crippen LogP contribution in [0.15, 0.2) is 42.6 Å². The van der Waals surface area contributed by atoms with Crippen LogP contribution in [-0.2, 0) is 6.42 Å². The molecule has 0 saturated carbocycles. The summed E-state index contributed by atoms with van der Waals surface area (Å²) in [5, 5.41) is 13.1. The molecule has 1 saturated heterocycles. The maximum Gasteiger partial charge on any atom is 0.160 e. The van der Waals surface area contributed by atoms with Gasteiger partial charge in [0.25, 0.3) is 0 Å². The van der Waals surface area contributed by atoms with Crippen molar-refractivity contribution in [1.29, 1.82) is 0 Å². The molecule has 0 atom stereocenters. The smallest absolute Gasteiger partial charge is 0.160 e. The summed E-state index contributed by atoms with van der Waals surface area (Å²) in [6.07, 6.45) is 4.72. The van der Waals surface area contributed by atoms with E-state index in [1.807, 2.05) is 30.5 Å². The zero-order valence-electron chi connectivity index (χ0n) is 12.9. The minimum atomic E-state index is 0.296. The number of pyridine rings is 1. The zero-order chi connectivity index (χ0) is 15.6. The number of aromatic nitrogens is 3. The average Bonchev–Trinajstić information content (AvgIpc) is 2.93. The highest BCUT2D eigenvalue weighted by molar-refractivity contribution is 5.71. The number of nitrogens with one attached hydrogen (secondary N) is 1. The average molecular weight is 308 g/mol. The number of benzene rings is 1. The Morgan fingerprint density at radius 3 is 2.87 bits per heavy atom. The van der Waals surface area contributed by atoms with E-state index in [4.69, 9.17) is 4.98 Å². The topological polar surface area (TPSA) is 63.0 Å². The lowest BCUT2D eigenvalue weighted by molar-refractivity contribution is 0.367. The third-order valence-corrected chi connectivity index (χ3v) is 4.47. The highest BCUT2D eigenvalue weighted by Crippen LogP contribution is 2.27. The van der Waals surface area contributed by atoms with Crippen molar-refractivity contribution in [3.05, 3.63) is 54.0 Å². The molecule has 5 nitrogen and oxygen atoms in total. The highest BCUT2D eigenvalue weighted by atomic mass is 16.3. The monoisotopic (exact) mass is 308 g/mol. The van der Waals surface area contributed by atoms with Gasteiger partial charge in [-0.2, -0.15) is 0 Å². The molecule has 1 aliphatic heterocycles. The number of phenolic OH excluding ortho intramolecular Hbond substituents is 1. The van der Waals surface area contributed by atoms with Gasteiger partial charge in [0.2, 0.25) is 0 Å². The summed E-state index contributed by atoms with van der Waals surface area (Å²) < 4.78 is 2.31. The summed E-state index contributed by atoms with van der Waals surface area (Å²) in [6, 6.07) is 11.8. The fourth-order valence-corrected chi connectivity index (χ4v) is 3.40. The fourth-order valence-electron chi connectivity index (χ4n) is 3.40. The Morgan fingerprint density at radius 2 is 2.04 bits per heavy atom. The maximum atomic E-state index is 9.70. The molecule has 0 radical (unpaired) electrons. The van der Waals surface area contributed by atoms with Gasteiger partial charge in [-0.05, 0) is 55.8 Å². The predicted molar refractivity (Wildman–Crippen MR) is 89.6 cm³/mol. The SMILES string of the molecule is Oc1cccc(Cc2nc3cccnc3n2C2CCNCC2)c1. The van der Waals surface area contributed by atoms with E-state index in [0.717, 1.165) is 48.5 Å². The first-order valence-electron chi connectivity index (χ1n) is 8.12. The van der Waals surface area contributed by atoms with Gasteiger partial charge in [-0.3, -0.25) is 0 Å². The van der Waals surface area contributed by atoms with Gasteiger partial charge in [-0.1, -0.05) is 12.1 Å². The van der Waals surface area contributed by atoms with Crippen LogP contribution in [0.4, 0.5) is 0 Å². The van der Waals surface area contributed by atoms with E-state index in [-0.39, 0.29) is 0 Å². The quantitative estimate of drug-likeness (QED) is 0.781. The Hall–Kier alpha value is -2.40. The van der Waals surface area contributed by atoms with E-state index in [1.165, 1.54) is 0 Å². The summed E-state index contributed by atoms with van der Waals surface area (Å²) in [4.78, 5) is 9.38. The minimum Gasteiger partial charge on any atom is -0.508 e. The first kappa shape index (κ1) is 14.2. The van der Waals surface area contributed by atoms with E-state index < -0.39 is 0 Å². The Labute approximate surface area is 135 Å². The van der Waals surface area contributed by atoms with Crippen molar-refractivity contribution in [1.82, 2.24) is 19.9 Å². The lowest BCUT2D eigenvalue weighted by Crippen LogP contribution is -2.30. The van der Waals surface area contributed by atoms with Gasteiger partial charge in [-0.15, -0.1) is 0 Å². The van der Waals surface area contributed by atoms with E-state index >= 15 is 0 Å². The van der Waals surface area contributed by atoms with E-state index in [2.05, 4.69) is 14.9 Å². The molecule has 5 heteroatoms. The van der Waals surface area contributed by atoms with Gasteiger partial charge in [0.15, 0.2) is 5.65 Å². The molecule has 118 valence electrons. The number of imidazole rings is 1.